The van der Waals surface area contributed by atoms with E-state index in [-0.39, 0.29) is 11.9 Å². The molecule has 2 heterocycles. The maximum absolute atomic E-state index is 12.2. The van der Waals surface area contributed by atoms with Crippen molar-refractivity contribution in [2.45, 2.75) is 24.3 Å². The highest BCUT2D eigenvalue weighted by Crippen LogP contribution is 2.27. The van der Waals surface area contributed by atoms with Gasteiger partial charge in [-0.2, -0.15) is 0 Å². The Hall–Kier alpha value is -2.35. The highest BCUT2D eigenvalue weighted by atomic mass is 32.2. The standard InChI is InChI=1S/C15H16N4O3S/c1-9-4-3-5-11(8-9)12-17-18-15(22-12)23-10(2)13(20)19-7-6-16-14(19)21/h3-5,8,10H,6-7H2,1-2H3,(H,16,21)/t10-/m0/s1. The van der Waals surface area contributed by atoms with Crippen molar-refractivity contribution in [3.8, 4) is 11.5 Å². The van der Waals surface area contributed by atoms with Crippen molar-refractivity contribution in [3.05, 3.63) is 29.8 Å². The second-order valence-corrected chi connectivity index (χ2v) is 6.52. The largest absolute Gasteiger partial charge is 0.411 e. The van der Waals surface area contributed by atoms with E-state index in [1.165, 1.54) is 4.90 Å². The van der Waals surface area contributed by atoms with E-state index in [1.807, 2.05) is 31.2 Å². The van der Waals surface area contributed by atoms with Gasteiger partial charge in [0, 0.05) is 18.7 Å². The Labute approximate surface area is 137 Å². The number of aromatic nitrogens is 2. The van der Waals surface area contributed by atoms with Crippen LogP contribution in [0.2, 0.25) is 0 Å². The lowest BCUT2D eigenvalue weighted by Gasteiger charge is -2.15. The number of benzene rings is 1. The molecule has 1 fully saturated rings. The number of aryl methyl sites for hydroxylation is 1. The van der Waals surface area contributed by atoms with Crippen LogP contribution in [0.3, 0.4) is 0 Å². The first-order valence-electron chi connectivity index (χ1n) is 7.21. The van der Waals surface area contributed by atoms with Crippen molar-refractivity contribution in [1.29, 1.82) is 0 Å². The second kappa shape index (κ2) is 6.41. The minimum atomic E-state index is -0.482. The van der Waals surface area contributed by atoms with Crippen molar-refractivity contribution in [3.63, 3.8) is 0 Å². The Bertz CT molecular complexity index is 746. The van der Waals surface area contributed by atoms with E-state index in [1.54, 1.807) is 6.92 Å². The topological polar surface area (TPSA) is 88.3 Å². The molecule has 3 rings (SSSR count). The Morgan fingerprint density at radius 3 is 2.96 bits per heavy atom. The number of hydrogen-bond acceptors (Lipinski definition) is 6. The van der Waals surface area contributed by atoms with Crippen molar-refractivity contribution in [1.82, 2.24) is 20.4 Å². The molecule has 1 aliphatic rings. The third-order valence-corrected chi connectivity index (χ3v) is 4.34. The molecule has 0 radical (unpaired) electrons. The van der Waals surface area contributed by atoms with Crippen molar-refractivity contribution in [2.75, 3.05) is 13.1 Å². The smallest absolute Gasteiger partial charge is 0.324 e. The average Bonchev–Trinajstić information content (AvgIpc) is 3.15. The summed E-state index contributed by atoms with van der Waals surface area (Å²) < 4.78 is 5.60. The van der Waals surface area contributed by atoms with E-state index in [0.717, 1.165) is 22.9 Å². The lowest BCUT2D eigenvalue weighted by Crippen LogP contribution is -2.38. The predicted molar refractivity (Wildman–Crippen MR) is 84.9 cm³/mol. The Kier molecular flexibility index (Phi) is 4.33. The molecule has 0 saturated carbocycles. The number of thioether (sulfide) groups is 1. The summed E-state index contributed by atoms with van der Waals surface area (Å²) in [6, 6.07) is 7.38. The van der Waals surface area contributed by atoms with Crippen LogP contribution in [0.4, 0.5) is 4.79 Å². The van der Waals surface area contributed by atoms with Crippen LogP contribution in [0.1, 0.15) is 12.5 Å². The normalized spacial score (nSPS) is 15.6. The fourth-order valence-electron chi connectivity index (χ4n) is 2.26. The molecule has 8 heteroatoms. The Morgan fingerprint density at radius 1 is 1.43 bits per heavy atom. The molecule has 0 aliphatic carbocycles. The fraction of sp³-hybridized carbons (Fsp3) is 0.333. The number of carbonyl (C=O) groups is 2. The number of urea groups is 1. The van der Waals surface area contributed by atoms with Gasteiger partial charge in [0.05, 0.1) is 5.25 Å². The van der Waals surface area contributed by atoms with Crippen LogP contribution in [-0.2, 0) is 4.79 Å². The number of nitrogens with zero attached hydrogens (tertiary/aromatic N) is 3. The zero-order valence-electron chi connectivity index (χ0n) is 12.8. The molecule has 120 valence electrons. The van der Waals surface area contributed by atoms with Crippen LogP contribution in [0.25, 0.3) is 11.5 Å². The Balaban J connectivity index is 1.69. The van der Waals surface area contributed by atoms with Crippen molar-refractivity contribution in [2.24, 2.45) is 0 Å². The summed E-state index contributed by atoms with van der Waals surface area (Å²) in [5.74, 6) is 0.148. The summed E-state index contributed by atoms with van der Waals surface area (Å²) in [5, 5.41) is 10.4. The summed E-state index contributed by atoms with van der Waals surface area (Å²) >= 11 is 1.15. The molecular weight excluding hydrogens is 316 g/mol. The minimum absolute atomic E-state index is 0.264. The van der Waals surface area contributed by atoms with Crippen LogP contribution in [0.5, 0.6) is 0 Å². The summed E-state index contributed by atoms with van der Waals surface area (Å²) in [5.41, 5.74) is 1.93. The van der Waals surface area contributed by atoms with Gasteiger partial charge in [0.2, 0.25) is 11.8 Å². The molecule has 1 saturated heterocycles. The zero-order chi connectivity index (χ0) is 16.4. The van der Waals surface area contributed by atoms with Gasteiger partial charge in [-0.3, -0.25) is 9.69 Å². The summed E-state index contributed by atoms with van der Waals surface area (Å²) in [6.45, 7) is 4.58. The first-order valence-corrected chi connectivity index (χ1v) is 8.09. The number of nitrogens with one attached hydrogen (secondary N) is 1. The molecule has 1 atom stereocenters. The highest BCUT2D eigenvalue weighted by molar-refractivity contribution is 8.00. The number of hydrogen-bond donors (Lipinski definition) is 1. The van der Waals surface area contributed by atoms with Gasteiger partial charge in [0.25, 0.3) is 5.22 Å². The molecular formula is C15H16N4O3S. The quantitative estimate of drug-likeness (QED) is 0.862. The lowest BCUT2D eigenvalue weighted by atomic mass is 10.1. The third-order valence-electron chi connectivity index (χ3n) is 3.42. The van der Waals surface area contributed by atoms with E-state index < -0.39 is 5.25 Å². The SMILES string of the molecule is Cc1cccc(-c2nnc(S[C@@H](C)C(=O)N3CCNC3=O)o2)c1. The molecule has 1 aromatic carbocycles. The van der Waals surface area contributed by atoms with E-state index in [2.05, 4.69) is 15.5 Å². The maximum atomic E-state index is 12.2. The van der Waals surface area contributed by atoms with Gasteiger partial charge in [-0.25, -0.2) is 4.79 Å². The zero-order valence-corrected chi connectivity index (χ0v) is 13.6. The monoisotopic (exact) mass is 332 g/mol. The molecule has 3 amide bonds. The first kappa shape index (κ1) is 15.5. The Morgan fingerprint density at radius 2 is 2.26 bits per heavy atom. The summed E-state index contributed by atoms with van der Waals surface area (Å²) in [6.07, 6.45) is 0. The van der Waals surface area contributed by atoms with E-state index in [0.29, 0.717) is 24.2 Å². The van der Waals surface area contributed by atoms with Crippen LogP contribution in [-0.4, -0.2) is 45.4 Å². The molecule has 0 bridgehead atoms. The van der Waals surface area contributed by atoms with Gasteiger partial charge in [-0.15, -0.1) is 10.2 Å². The van der Waals surface area contributed by atoms with Crippen molar-refractivity contribution < 1.29 is 14.0 Å². The summed E-state index contributed by atoms with van der Waals surface area (Å²) in [4.78, 5) is 25.0. The van der Waals surface area contributed by atoms with Crippen molar-refractivity contribution >= 4 is 23.7 Å². The number of imide groups is 1. The second-order valence-electron chi connectivity index (χ2n) is 5.22. The molecule has 1 aromatic heterocycles. The van der Waals surface area contributed by atoms with Gasteiger partial charge in [0.15, 0.2) is 0 Å². The van der Waals surface area contributed by atoms with Crippen LogP contribution in [0, 0.1) is 6.92 Å². The van der Waals surface area contributed by atoms with Crippen LogP contribution >= 0.6 is 11.8 Å². The molecule has 1 N–H and O–H groups in total. The molecule has 7 nitrogen and oxygen atoms in total. The number of carbonyl (C=O) groups excluding carboxylic acids is 2. The van der Waals surface area contributed by atoms with Gasteiger partial charge >= 0.3 is 6.03 Å². The van der Waals surface area contributed by atoms with Gasteiger partial charge in [0.1, 0.15) is 0 Å². The number of amides is 3. The minimum Gasteiger partial charge on any atom is -0.411 e. The molecule has 1 aliphatic heterocycles. The first-order chi connectivity index (χ1) is 11.0. The maximum Gasteiger partial charge on any atom is 0.324 e. The highest BCUT2D eigenvalue weighted by Gasteiger charge is 2.31. The van der Waals surface area contributed by atoms with E-state index in [9.17, 15) is 9.59 Å². The molecule has 0 unspecified atom stereocenters. The summed E-state index contributed by atoms with van der Waals surface area (Å²) in [7, 11) is 0. The van der Waals surface area contributed by atoms with E-state index in [4.69, 9.17) is 4.42 Å². The van der Waals surface area contributed by atoms with Gasteiger partial charge in [-0.1, -0.05) is 29.5 Å². The lowest BCUT2D eigenvalue weighted by molar-refractivity contribution is -0.126. The molecule has 0 spiro atoms. The van der Waals surface area contributed by atoms with Crippen LogP contribution in [0.15, 0.2) is 33.9 Å². The number of rotatable bonds is 4. The molecule has 23 heavy (non-hydrogen) atoms. The van der Waals surface area contributed by atoms with Crippen LogP contribution < -0.4 is 5.32 Å². The van der Waals surface area contributed by atoms with Gasteiger partial charge < -0.3 is 9.73 Å². The van der Waals surface area contributed by atoms with E-state index >= 15 is 0 Å². The predicted octanol–water partition coefficient (Wildman–Crippen LogP) is 2.08. The molecule has 2 aromatic rings. The average molecular weight is 332 g/mol. The fourth-order valence-corrected chi connectivity index (χ4v) is 3.00. The van der Waals surface area contributed by atoms with Gasteiger partial charge in [-0.05, 0) is 26.0 Å². The third kappa shape index (κ3) is 3.37.